The molecule has 0 aliphatic heterocycles. The minimum Gasteiger partial charge on any atom is -1.00 e. The topological polar surface area (TPSA) is 110 Å². The van der Waals surface area contributed by atoms with E-state index in [9.17, 15) is 14.4 Å². The third-order valence-electron chi connectivity index (χ3n) is 7.97. The fourth-order valence-corrected chi connectivity index (χ4v) is 4.98. The number of pyridine rings is 1. The van der Waals surface area contributed by atoms with Crippen molar-refractivity contribution in [2.75, 3.05) is 47.0 Å². The van der Waals surface area contributed by atoms with Crippen molar-refractivity contribution in [3.05, 3.63) is 30.1 Å². The molecule has 2 N–H and O–H groups in total. The number of rotatable bonds is 27. The number of amides is 3. The van der Waals surface area contributed by atoms with Crippen LogP contribution in [0.2, 0.25) is 0 Å². The number of nitrogens with one attached hydrogen (secondary N) is 2. The zero-order valence-electron chi connectivity index (χ0n) is 29.2. The molecular formula is C35H63IN4O6. The number of halogens is 1. The lowest BCUT2D eigenvalue weighted by atomic mass is 10.0. The van der Waals surface area contributed by atoms with Crippen LogP contribution in [0.15, 0.2) is 24.5 Å². The lowest BCUT2D eigenvalue weighted by Crippen LogP contribution is -3.00. The van der Waals surface area contributed by atoms with E-state index in [-0.39, 0.29) is 49.6 Å². The Morgan fingerprint density at radius 1 is 0.761 bits per heavy atom. The maximum Gasteiger partial charge on any atom is 0.407 e. The van der Waals surface area contributed by atoms with Gasteiger partial charge in [0.15, 0.2) is 12.4 Å². The monoisotopic (exact) mass is 762 g/mol. The highest BCUT2D eigenvalue weighted by Crippen LogP contribution is 2.13. The van der Waals surface area contributed by atoms with Crippen molar-refractivity contribution >= 4 is 18.1 Å². The third kappa shape index (κ3) is 23.2. The van der Waals surface area contributed by atoms with Gasteiger partial charge in [-0.1, -0.05) is 103 Å². The number of unbranched alkanes of at least 4 members (excludes halogenated alkanes) is 15. The number of alkyl carbamates (subject to hydrolysis) is 2. The summed E-state index contributed by atoms with van der Waals surface area (Å²) in [6.07, 6.45) is 23.0. The Morgan fingerprint density at radius 3 is 1.72 bits per heavy atom. The SMILES string of the molecule is CCCCCCCCCCCCCCCCCCNC(=O)OCC(COC(=O)NCCN(C)C(=O)c1ccc[n+](CC)c1)OC.[I-]. The number of carbonyl (C=O) groups is 3. The van der Waals surface area contributed by atoms with Gasteiger partial charge >= 0.3 is 12.2 Å². The zero-order chi connectivity index (χ0) is 33.0. The van der Waals surface area contributed by atoms with Gasteiger partial charge in [-0.3, -0.25) is 4.79 Å². The van der Waals surface area contributed by atoms with Crippen molar-refractivity contribution in [1.82, 2.24) is 15.5 Å². The Bertz CT molecular complexity index is 923. The maximum absolute atomic E-state index is 12.6. The van der Waals surface area contributed by atoms with Gasteiger partial charge in [-0.2, -0.15) is 0 Å². The van der Waals surface area contributed by atoms with E-state index in [0.717, 1.165) is 19.4 Å². The predicted molar refractivity (Wildman–Crippen MR) is 178 cm³/mol. The largest absolute Gasteiger partial charge is 1.00 e. The second-order valence-electron chi connectivity index (χ2n) is 11.9. The molecule has 266 valence electrons. The Kier molecular flexibility index (Phi) is 28.8. The van der Waals surface area contributed by atoms with Gasteiger partial charge in [0.05, 0.1) is 0 Å². The lowest BCUT2D eigenvalue weighted by Gasteiger charge is -2.18. The molecular weight excluding hydrogens is 699 g/mol. The summed E-state index contributed by atoms with van der Waals surface area (Å²) in [6, 6.07) is 3.60. The van der Waals surface area contributed by atoms with Crippen LogP contribution in [0.3, 0.4) is 0 Å². The van der Waals surface area contributed by atoms with Crippen LogP contribution >= 0.6 is 0 Å². The summed E-state index contributed by atoms with van der Waals surface area (Å²) in [5.41, 5.74) is 0.585. The average Bonchev–Trinajstić information content (AvgIpc) is 3.05. The van der Waals surface area contributed by atoms with Gasteiger partial charge in [0.1, 0.15) is 31.4 Å². The number of nitrogens with zero attached hydrogens (tertiary/aromatic N) is 2. The van der Waals surface area contributed by atoms with Crippen LogP contribution in [-0.2, 0) is 20.8 Å². The summed E-state index contributed by atoms with van der Waals surface area (Å²) in [6.45, 7) is 6.09. The van der Waals surface area contributed by atoms with Gasteiger partial charge in [0.25, 0.3) is 5.91 Å². The number of likely N-dealkylation sites (N-methyl/N-ethyl adjacent to an activating group) is 1. The molecule has 0 saturated heterocycles. The van der Waals surface area contributed by atoms with Crippen LogP contribution in [0.4, 0.5) is 9.59 Å². The normalized spacial score (nSPS) is 11.3. The summed E-state index contributed by atoms with van der Waals surface area (Å²) in [7, 11) is 3.15. The highest BCUT2D eigenvalue weighted by molar-refractivity contribution is 5.93. The molecule has 0 saturated carbocycles. The van der Waals surface area contributed by atoms with Crippen molar-refractivity contribution in [2.24, 2.45) is 0 Å². The number of carbonyl (C=O) groups excluding carboxylic acids is 3. The predicted octanol–water partition coefficient (Wildman–Crippen LogP) is 3.80. The van der Waals surface area contributed by atoms with Crippen molar-refractivity contribution in [2.45, 2.75) is 129 Å². The van der Waals surface area contributed by atoms with Crippen LogP contribution in [0, 0.1) is 0 Å². The average molecular weight is 763 g/mol. The van der Waals surface area contributed by atoms with Crippen molar-refractivity contribution in [3.8, 4) is 0 Å². The first-order valence-corrected chi connectivity index (χ1v) is 17.5. The first kappa shape index (κ1) is 43.9. The molecule has 3 amide bonds. The van der Waals surface area contributed by atoms with Gasteiger partial charge in [0.2, 0.25) is 0 Å². The molecule has 1 unspecified atom stereocenters. The van der Waals surface area contributed by atoms with E-state index in [2.05, 4.69) is 17.6 Å². The van der Waals surface area contributed by atoms with E-state index in [4.69, 9.17) is 14.2 Å². The quantitative estimate of drug-likeness (QED) is 0.0803. The summed E-state index contributed by atoms with van der Waals surface area (Å²) in [5.74, 6) is -0.127. The Labute approximate surface area is 296 Å². The van der Waals surface area contributed by atoms with Gasteiger partial charge in [-0.15, -0.1) is 0 Å². The van der Waals surface area contributed by atoms with E-state index in [1.165, 1.54) is 97.0 Å². The van der Waals surface area contributed by atoms with Crippen LogP contribution in [0.25, 0.3) is 0 Å². The van der Waals surface area contributed by atoms with Crippen molar-refractivity contribution in [3.63, 3.8) is 0 Å². The number of ether oxygens (including phenoxy) is 3. The number of aromatic nitrogens is 1. The number of methoxy groups -OCH3 is 1. The summed E-state index contributed by atoms with van der Waals surface area (Å²) in [5, 5.41) is 5.40. The molecule has 10 nitrogen and oxygen atoms in total. The minimum atomic E-state index is -0.630. The van der Waals surface area contributed by atoms with E-state index in [1.807, 2.05) is 23.8 Å². The Balaban J connectivity index is 0.0000202. The summed E-state index contributed by atoms with van der Waals surface area (Å²) < 4.78 is 17.6. The molecule has 0 aromatic carbocycles. The fraction of sp³-hybridized carbons (Fsp3) is 0.771. The van der Waals surface area contributed by atoms with Crippen LogP contribution < -0.4 is 39.2 Å². The zero-order valence-corrected chi connectivity index (χ0v) is 31.3. The maximum atomic E-state index is 12.6. The minimum absolute atomic E-state index is 0. The standard InChI is InChI=1S/C35H62N4O6.HI/c1-5-7-8-9-10-11-12-13-14-15-16-17-18-19-20-21-24-36-34(41)44-29-32(43-4)30-45-35(42)37-25-27-38(3)33(40)31-23-22-26-39(6-2)28-31;/h22-23,26,28,32H,5-21,24-25,27,29-30H2,1-4H3,(H-,36,37,41,42);1H. The van der Waals surface area contributed by atoms with E-state index < -0.39 is 18.3 Å². The van der Waals surface area contributed by atoms with Crippen LogP contribution in [0.1, 0.15) is 127 Å². The van der Waals surface area contributed by atoms with Crippen molar-refractivity contribution < 1.29 is 57.1 Å². The Morgan fingerprint density at radius 2 is 1.24 bits per heavy atom. The van der Waals surface area contributed by atoms with E-state index in [1.54, 1.807) is 24.2 Å². The third-order valence-corrected chi connectivity index (χ3v) is 7.97. The first-order chi connectivity index (χ1) is 21.9. The molecule has 0 aliphatic carbocycles. The molecule has 0 aliphatic rings. The highest BCUT2D eigenvalue weighted by Gasteiger charge is 2.16. The molecule has 1 rings (SSSR count). The molecule has 1 aromatic heterocycles. The summed E-state index contributed by atoms with van der Waals surface area (Å²) in [4.78, 5) is 38.2. The highest BCUT2D eigenvalue weighted by atomic mass is 127. The molecule has 0 bridgehead atoms. The van der Waals surface area contributed by atoms with Gasteiger partial charge in [-0.05, 0) is 19.4 Å². The molecule has 0 radical (unpaired) electrons. The van der Waals surface area contributed by atoms with E-state index in [0.29, 0.717) is 18.7 Å². The fourth-order valence-electron chi connectivity index (χ4n) is 4.98. The smallest absolute Gasteiger partial charge is 0.407 e. The second kappa shape index (κ2) is 30.2. The number of aryl methyl sites for hydroxylation is 1. The van der Waals surface area contributed by atoms with Crippen molar-refractivity contribution in [1.29, 1.82) is 0 Å². The van der Waals surface area contributed by atoms with Crippen LogP contribution in [-0.4, -0.2) is 76.1 Å². The van der Waals surface area contributed by atoms with Gasteiger partial charge in [-0.25, -0.2) is 14.2 Å². The van der Waals surface area contributed by atoms with Gasteiger partial charge < -0.3 is 53.7 Å². The van der Waals surface area contributed by atoms with Crippen LogP contribution in [0.5, 0.6) is 0 Å². The Hall–Kier alpha value is -2.15. The van der Waals surface area contributed by atoms with Gasteiger partial charge in [0, 0.05) is 39.9 Å². The molecule has 1 aromatic rings. The molecule has 0 fully saturated rings. The molecule has 0 spiro atoms. The molecule has 46 heavy (non-hydrogen) atoms. The number of hydrogen-bond donors (Lipinski definition) is 2. The van der Waals surface area contributed by atoms with E-state index >= 15 is 0 Å². The molecule has 1 atom stereocenters. The molecule has 11 heteroatoms. The second-order valence-corrected chi connectivity index (χ2v) is 11.9. The first-order valence-electron chi connectivity index (χ1n) is 17.5. The lowest BCUT2D eigenvalue weighted by molar-refractivity contribution is -0.693. The molecule has 1 heterocycles. The number of hydrogen-bond acceptors (Lipinski definition) is 6. The summed E-state index contributed by atoms with van der Waals surface area (Å²) >= 11 is 0.